The third-order valence-electron chi connectivity index (χ3n) is 19.5. The number of quaternary nitrogens is 2. The van der Waals surface area contributed by atoms with Crippen molar-refractivity contribution in [3.8, 4) is 45.3 Å². The number of rotatable bonds is 24. The molecule has 0 amide bonds. The van der Waals surface area contributed by atoms with E-state index in [2.05, 4.69) is 128 Å². The third-order valence-corrected chi connectivity index (χ3v) is 19.5. The lowest BCUT2D eigenvalue weighted by atomic mass is 9.83. The molecular weight excluding hydrogens is 1210 g/mol. The van der Waals surface area contributed by atoms with E-state index in [0.29, 0.717) is 23.0 Å². The highest BCUT2D eigenvalue weighted by Crippen LogP contribution is 2.57. The molecule has 5 heterocycles. The van der Waals surface area contributed by atoms with Gasteiger partial charge < -0.3 is 46.2 Å². The molecule has 5 aliphatic rings. The fraction of sp³-hybridized carbons (Fsp3) is 0.481. The van der Waals surface area contributed by atoms with Crippen LogP contribution in [0.1, 0.15) is 180 Å². The molecule has 0 saturated heterocycles. The summed E-state index contributed by atoms with van der Waals surface area (Å²) in [6.07, 6.45) is 22.1. The molecule has 5 aliphatic heterocycles. The van der Waals surface area contributed by atoms with Crippen LogP contribution in [0.4, 0.5) is 0 Å². The number of alkyl halides is 3. The highest BCUT2D eigenvalue weighted by atomic mass is 35.6. The fourth-order valence-electron chi connectivity index (χ4n) is 14.6. The van der Waals surface area contributed by atoms with Gasteiger partial charge in [-0.05, 0) is 119 Å². The number of benzene rings is 8. The van der Waals surface area contributed by atoms with E-state index in [1.54, 1.807) is 0 Å². The van der Waals surface area contributed by atoms with Gasteiger partial charge in [0, 0.05) is 70.9 Å². The average molecular weight is 1310 g/mol. The first-order chi connectivity index (χ1) is 44.8. The minimum absolute atomic E-state index is 0.214. The summed E-state index contributed by atoms with van der Waals surface area (Å²) in [6, 6.07) is 41.7. The second-order valence-electron chi connectivity index (χ2n) is 26.3. The van der Waals surface area contributed by atoms with Crippen LogP contribution in [-0.2, 0) is 45.0 Å². The second kappa shape index (κ2) is 32.5. The molecule has 10 nitrogen and oxygen atoms in total. The van der Waals surface area contributed by atoms with Gasteiger partial charge >= 0.3 is 13.9 Å². The van der Waals surface area contributed by atoms with Gasteiger partial charge in [-0.1, -0.05) is 239 Å². The Labute approximate surface area is 564 Å². The van der Waals surface area contributed by atoms with Gasteiger partial charge in [0.15, 0.2) is 4.30 Å². The van der Waals surface area contributed by atoms with Gasteiger partial charge in [0.1, 0.15) is 0 Å². The number of halogens is 3. The molecule has 0 unspecified atom stereocenters. The molecule has 8 aromatic carbocycles. The molecule has 2 spiro atoms. The predicted octanol–water partition coefficient (Wildman–Crippen LogP) is 21.8. The van der Waals surface area contributed by atoms with E-state index in [0.717, 1.165) is 87.6 Å². The van der Waals surface area contributed by atoms with Crippen molar-refractivity contribution >= 4 is 91.8 Å². The lowest BCUT2D eigenvalue weighted by Gasteiger charge is -2.51. The normalized spacial score (nSPS) is 15.3. The minimum atomic E-state index is -2.79. The Morgan fingerprint density at radius 1 is 0.315 bits per heavy atom. The van der Waals surface area contributed by atoms with Crippen molar-refractivity contribution in [3.05, 3.63) is 144 Å². The maximum absolute atomic E-state index is 7.10. The largest absolute Gasteiger partial charge is 0.652 e. The zero-order valence-electron chi connectivity index (χ0n) is 56.4. The SMILES string of the molecule is CCCC[N+](CCCC)(CCCC)CCCC.CCCC[N+](CCCC)(CCCC)CCCC.ClC(Cl)Cl.c1ccc2c3c4c(cc2c1)CO[B-]1(OCc2cc5ccccc5c(c2O1)-c1c2c(cc5ccccc15)CO[B-]1(OCc5cc6ccccc6c-3c5O1)O2)O4. The molecule has 0 radical (unpaired) electrons. The van der Waals surface area contributed by atoms with Crippen molar-refractivity contribution in [2.24, 2.45) is 0 Å². The minimum Gasteiger partial charge on any atom is -0.634 e. The Balaban J connectivity index is 0.000000202. The number of hydrogen-bond acceptors (Lipinski definition) is 8. The molecule has 494 valence electrons. The monoisotopic (exact) mass is 1310 g/mol. The Kier molecular flexibility index (Phi) is 24.6. The summed E-state index contributed by atoms with van der Waals surface area (Å²) in [6.45, 7) is 25.3. The van der Waals surface area contributed by atoms with E-state index in [4.69, 9.17) is 72.0 Å². The summed E-state index contributed by atoms with van der Waals surface area (Å²) < 4.78 is 56.9. The Morgan fingerprint density at radius 2 is 0.500 bits per heavy atom. The van der Waals surface area contributed by atoms with E-state index in [-0.39, 0.29) is 26.4 Å². The number of hydrogen-bond donors (Lipinski definition) is 0. The molecule has 8 aromatic rings. The van der Waals surface area contributed by atoms with Crippen LogP contribution in [0, 0.1) is 0 Å². The maximum atomic E-state index is 7.10. The van der Waals surface area contributed by atoms with Crippen molar-refractivity contribution in [3.63, 3.8) is 0 Å². The molecule has 0 aromatic heterocycles. The smallest absolute Gasteiger partial charge is 0.634 e. The predicted molar refractivity (Wildman–Crippen MR) is 387 cm³/mol. The van der Waals surface area contributed by atoms with Gasteiger partial charge in [0.25, 0.3) is 0 Å². The summed E-state index contributed by atoms with van der Waals surface area (Å²) >= 11 is 14.4. The van der Waals surface area contributed by atoms with Crippen molar-refractivity contribution in [1.82, 2.24) is 0 Å². The maximum Gasteiger partial charge on any atom is 0.652 e. The van der Waals surface area contributed by atoms with Crippen LogP contribution < -0.4 is 18.6 Å². The van der Waals surface area contributed by atoms with Gasteiger partial charge in [0.05, 0.1) is 75.4 Å². The Morgan fingerprint density at radius 3 is 0.685 bits per heavy atom. The van der Waals surface area contributed by atoms with Crippen LogP contribution in [0.2, 0.25) is 0 Å². The van der Waals surface area contributed by atoms with E-state index in [9.17, 15) is 0 Å². The molecule has 0 fully saturated rings. The molecule has 15 heteroatoms. The van der Waals surface area contributed by atoms with Crippen LogP contribution in [-0.4, -0.2) is 79.5 Å². The summed E-state index contributed by atoms with van der Waals surface area (Å²) in [4.78, 5) is 0. The lowest BCUT2D eigenvalue weighted by molar-refractivity contribution is -0.929. The Hall–Kier alpha value is -5.24. The average Bonchev–Trinajstić information content (AvgIpc) is 0.711. The second-order valence-corrected chi connectivity index (χ2v) is 28.2. The lowest BCUT2D eigenvalue weighted by Crippen LogP contribution is -2.59. The Bertz CT molecular complexity index is 3230. The van der Waals surface area contributed by atoms with Crippen LogP contribution in [0.3, 0.4) is 0 Å². The molecule has 13 rings (SSSR count). The molecular formula is C77H101B2Cl3N2O8. The molecule has 0 saturated carbocycles. The fourth-order valence-corrected chi connectivity index (χ4v) is 14.6. The summed E-state index contributed by atoms with van der Waals surface area (Å²) in [5.41, 5.74) is 6.91. The van der Waals surface area contributed by atoms with Gasteiger partial charge in [-0.3, -0.25) is 0 Å². The first-order valence-corrected chi connectivity index (χ1v) is 36.5. The molecule has 0 N–H and O–H groups in total. The van der Waals surface area contributed by atoms with E-state index in [1.807, 2.05) is 48.5 Å². The molecule has 0 atom stereocenters. The van der Waals surface area contributed by atoms with Crippen LogP contribution in [0.25, 0.3) is 65.3 Å². The van der Waals surface area contributed by atoms with Gasteiger partial charge in [-0.2, -0.15) is 0 Å². The zero-order valence-corrected chi connectivity index (χ0v) is 58.6. The van der Waals surface area contributed by atoms with Crippen molar-refractivity contribution in [2.75, 3.05) is 52.4 Å². The van der Waals surface area contributed by atoms with Crippen LogP contribution in [0.5, 0.6) is 23.0 Å². The van der Waals surface area contributed by atoms with Crippen molar-refractivity contribution < 1.29 is 46.2 Å². The molecule has 0 aliphatic carbocycles. The van der Waals surface area contributed by atoms with Gasteiger partial charge in [0.2, 0.25) is 0 Å². The first-order valence-electron chi connectivity index (χ1n) is 35.2. The van der Waals surface area contributed by atoms with Gasteiger partial charge in [-0.15, -0.1) is 0 Å². The van der Waals surface area contributed by atoms with Crippen LogP contribution in [0.15, 0.2) is 121 Å². The van der Waals surface area contributed by atoms with Crippen molar-refractivity contribution in [2.45, 2.75) is 189 Å². The van der Waals surface area contributed by atoms with E-state index < -0.39 is 18.2 Å². The summed E-state index contributed by atoms with van der Waals surface area (Å²) in [7, 11) is 0. The topological polar surface area (TPSA) is 73.8 Å². The van der Waals surface area contributed by atoms with Crippen LogP contribution >= 0.6 is 34.8 Å². The quantitative estimate of drug-likeness (QED) is 0.0337. The first kappa shape index (κ1) is 69.6. The standard InChI is InChI=1S/C44H28B2O8.2C16H36N.CHCl3/c1-5-13-33-25(9-1)17-29-21-47-45-48-23-31-19-27-11-3-7-15-35(27)39(43(31)53-45)40-36-16-8-4-12-28(36)20-32-24-50-46(54-44(32)40)49-22-30-18-26-10-2-6-14-34(26)38(42(30)52-46)37(33)41(29)51-45;2*1-5-9-13-17(14-10-6-2,15-11-7-3)16-12-8-4;2-1(3)4/h1-20H,21-24H2;2*5-16H2,1-4H3;1H/q-2;2*+1;. The van der Waals surface area contributed by atoms with E-state index >= 15 is 0 Å². The van der Waals surface area contributed by atoms with E-state index in [1.165, 1.54) is 164 Å². The van der Waals surface area contributed by atoms with Gasteiger partial charge in [-0.25, -0.2) is 0 Å². The summed E-state index contributed by atoms with van der Waals surface area (Å²) in [5, 5.41) is 8.10. The molecule has 92 heavy (non-hydrogen) atoms. The number of nitrogens with zero attached hydrogens (tertiary/aromatic N) is 2. The highest BCUT2D eigenvalue weighted by Gasteiger charge is 2.49. The van der Waals surface area contributed by atoms with Crippen molar-refractivity contribution in [1.29, 1.82) is 0 Å². The number of unbranched alkanes of at least 4 members (excludes halogenated alkanes) is 8. The third kappa shape index (κ3) is 15.7. The zero-order chi connectivity index (χ0) is 64.7. The highest BCUT2D eigenvalue weighted by molar-refractivity contribution is 6.63. The molecule has 6 bridgehead atoms. The number of fused-ring (bicyclic) bond motifs is 10. The summed E-state index contributed by atoms with van der Waals surface area (Å²) in [5.74, 6) is 2.49.